The summed E-state index contributed by atoms with van der Waals surface area (Å²) in [6.45, 7) is 9.12. The third kappa shape index (κ3) is 11.2. The Morgan fingerprint density at radius 2 is 1.72 bits per heavy atom. The van der Waals surface area contributed by atoms with E-state index in [1.807, 2.05) is 0 Å². The lowest BCUT2D eigenvalue weighted by Crippen LogP contribution is -2.10. The molecule has 6 nitrogen and oxygen atoms in total. The van der Waals surface area contributed by atoms with Crippen molar-refractivity contribution in [3.63, 3.8) is 0 Å². The van der Waals surface area contributed by atoms with Crippen LogP contribution < -0.4 is 5.32 Å². The van der Waals surface area contributed by atoms with Gasteiger partial charge >= 0.3 is 6.03 Å². The zero-order chi connectivity index (χ0) is 28.8. The Morgan fingerprint density at radius 3 is 2.31 bits per heavy atom. The lowest BCUT2D eigenvalue weighted by Gasteiger charge is -2.06. The number of hydrogen-bond donors (Lipinski definition) is 1. The van der Waals surface area contributed by atoms with Crippen LogP contribution in [0.2, 0.25) is 0 Å². The monoisotopic (exact) mass is 546 g/mol. The fraction of sp³-hybridized carbons (Fsp3) is 0.258. The molecule has 0 heterocycles. The minimum Gasteiger partial charge on any atom is -0.303 e. The van der Waals surface area contributed by atoms with Gasteiger partial charge in [0, 0.05) is 18.8 Å². The highest BCUT2D eigenvalue weighted by atomic mass is 32.2. The lowest BCUT2D eigenvalue weighted by atomic mass is 9.99. The van der Waals surface area contributed by atoms with Crippen molar-refractivity contribution in [2.45, 2.75) is 41.0 Å². The van der Waals surface area contributed by atoms with Crippen molar-refractivity contribution < 1.29 is 14.0 Å². The molecule has 39 heavy (non-hydrogen) atoms. The number of benzene rings is 3. The number of amidine groups is 1. The van der Waals surface area contributed by atoms with Gasteiger partial charge in [0.15, 0.2) is 5.84 Å². The van der Waals surface area contributed by atoms with Gasteiger partial charge in [0.2, 0.25) is 0 Å². The molecule has 0 spiro atoms. The molecule has 8 heteroatoms. The number of halogens is 1. The minimum absolute atomic E-state index is 0.00722. The predicted molar refractivity (Wildman–Crippen MR) is 163 cm³/mol. The summed E-state index contributed by atoms with van der Waals surface area (Å²) in [6.07, 6.45) is 2.60. The van der Waals surface area contributed by atoms with E-state index in [4.69, 9.17) is 0 Å². The summed E-state index contributed by atoms with van der Waals surface area (Å²) in [6, 6.07) is 20.8. The first kappa shape index (κ1) is 31.3. The van der Waals surface area contributed by atoms with E-state index in [1.165, 1.54) is 41.3 Å². The van der Waals surface area contributed by atoms with Crippen molar-refractivity contribution in [2.75, 3.05) is 18.1 Å². The van der Waals surface area contributed by atoms with Crippen LogP contribution in [0.5, 0.6) is 0 Å². The molecule has 0 saturated carbocycles. The first-order valence-electron chi connectivity index (χ1n) is 12.5. The summed E-state index contributed by atoms with van der Waals surface area (Å²) in [4.78, 5) is 34.4. The highest BCUT2D eigenvalue weighted by molar-refractivity contribution is 8.14. The van der Waals surface area contributed by atoms with E-state index in [2.05, 4.69) is 82.7 Å². The Balaban J connectivity index is 0.000000302. The number of nitrogens with zero attached hydrogens (tertiary/aromatic N) is 3. The molecular weight excluding hydrogens is 511 g/mol. The van der Waals surface area contributed by atoms with Crippen LogP contribution in [-0.2, 0) is 11.2 Å². The normalized spacial score (nSPS) is 11.7. The van der Waals surface area contributed by atoms with Crippen molar-refractivity contribution in [3.8, 4) is 0 Å². The molecule has 1 N–H and O–H groups in total. The number of nitrogens with one attached hydrogen (secondary N) is 1. The average molecular weight is 547 g/mol. The number of carbonyl (C=O) groups excluding carboxylic acids is 2. The van der Waals surface area contributed by atoms with Crippen LogP contribution in [0.1, 0.15) is 48.6 Å². The number of amides is 2. The Morgan fingerprint density at radius 1 is 1.00 bits per heavy atom. The molecule has 3 aromatic carbocycles. The second-order valence-electron chi connectivity index (χ2n) is 8.77. The number of ketones is 1. The van der Waals surface area contributed by atoms with E-state index in [0.29, 0.717) is 16.4 Å². The standard InChI is InChI=1S/C16H19FN4O2S.C15H16/c1-5-19-15(18-4)12-6-7-14(13(17)8-12)21-16(23)20-11(3)24-9-10(2)22;1-12-8-9-15(13(2)10-12)11-14-6-4-3-5-7-14/h5-8H,9H2,1-4H3,(H,21,23);3-10H,11H2,1-2H3/b18-15?,19-5?,20-11-;. The van der Waals surface area contributed by atoms with Gasteiger partial charge in [-0.25, -0.2) is 14.2 Å². The molecule has 0 aliphatic heterocycles. The van der Waals surface area contributed by atoms with Crippen LogP contribution in [0, 0.1) is 19.7 Å². The molecule has 0 aliphatic carbocycles. The molecule has 0 atom stereocenters. The zero-order valence-corrected chi connectivity index (χ0v) is 24.1. The maximum absolute atomic E-state index is 14.1. The van der Waals surface area contributed by atoms with E-state index in [-0.39, 0.29) is 17.2 Å². The number of carbonyl (C=O) groups is 2. The van der Waals surface area contributed by atoms with Crippen molar-refractivity contribution in [1.82, 2.24) is 0 Å². The van der Waals surface area contributed by atoms with Gasteiger partial charge in [0.25, 0.3) is 0 Å². The van der Waals surface area contributed by atoms with Gasteiger partial charge in [0.05, 0.1) is 16.5 Å². The lowest BCUT2D eigenvalue weighted by molar-refractivity contribution is -0.114. The third-order valence-electron chi connectivity index (χ3n) is 5.41. The molecule has 0 aliphatic rings. The number of aryl methyl sites for hydroxylation is 2. The first-order valence-corrected chi connectivity index (χ1v) is 13.5. The van der Waals surface area contributed by atoms with Gasteiger partial charge in [-0.2, -0.15) is 4.99 Å². The Hall–Kier alpha value is -3.91. The Kier molecular flexibility index (Phi) is 13.0. The molecule has 0 bridgehead atoms. The molecule has 0 fully saturated rings. The van der Waals surface area contributed by atoms with E-state index in [9.17, 15) is 14.0 Å². The van der Waals surface area contributed by atoms with Crippen LogP contribution in [-0.4, -0.2) is 41.7 Å². The molecule has 0 aromatic heterocycles. The van der Waals surface area contributed by atoms with Crippen LogP contribution in [0.4, 0.5) is 14.9 Å². The molecule has 3 aromatic rings. The number of thioether (sulfide) groups is 1. The van der Waals surface area contributed by atoms with Crippen molar-refractivity contribution in [1.29, 1.82) is 0 Å². The number of urea groups is 1. The largest absolute Gasteiger partial charge is 0.346 e. The summed E-state index contributed by atoms with van der Waals surface area (Å²) in [7, 11) is 1.56. The summed E-state index contributed by atoms with van der Waals surface area (Å²) in [5.41, 5.74) is 6.04. The SMILES string of the molecule is CC=NC(=NC)c1ccc(NC(=O)/N=C(/C)SCC(C)=O)c(F)c1.Cc1ccc(Cc2ccccc2)c(C)c1. The van der Waals surface area contributed by atoms with E-state index in [0.717, 1.165) is 18.2 Å². The highest BCUT2D eigenvalue weighted by Gasteiger charge is 2.10. The number of anilines is 1. The average Bonchev–Trinajstić information content (AvgIpc) is 2.90. The van der Waals surface area contributed by atoms with Gasteiger partial charge in [-0.1, -0.05) is 54.1 Å². The molecule has 2 amide bonds. The van der Waals surface area contributed by atoms with E-state index < -0.39 is 11.8 Å². The van der Waals surface area contributed by atoms with Crippen LogP contribution >= 0.6 is 11.8 Å². The third-order valence-corrected chi connectivity index (χ3v) is 6.47. The fourth-order valence-corrected chi connectivity index (χ4v) is 4.08. The molecule has 0 saturated heterocycles. The van der Waals surface area contributed by atoms with Crippen LogP contribution in [0.25, 0.3) is 0 Å². The molecule has 0 unspecified atom stereocenters. The van der Waals surface area contributed by atoms with Crippen molar-refractivity contribution in [2.24, 2.45) is 15.0 Å². The maximum Gasteiger partial charge on any atom is 0.346 e. The predicted octanol–water partition coefficient (Wildman–Crippen LogP) is 7.46. The van der Waals surface area contributed by atoms with Gasteiger partial charge in [-0.05, 0) is 75.9 Å². The summed E-state index contributed by atoms with van der Waals surface area (Å²) in [5.74, 6) is 0.00369. The van der Waals surface area contributed by atoms with Gasteiger partial charge in [-0.3, -0.25) is 9.79 Å². The van der Waals surface area contributed by atoms with Crippen molar-refractivity contribution in [3.05, 3.63) is 100 Å². The second-order valence-corrected chi connectivity index (χ2v) is 9.94. The quantitative estimate of drug-likeness (QED) is 0.257. The smallest absolute Gasteiger partial charge is 0.303 e. The van der Waals surface area contributed by atoms with Gasteiger partial charge in [0.1, 0.15) is 11.6 Å². The van der Waals surface area contributed by atoms with Crippen LogP contribution in [0.15, 0.2) is 81.7 Å². The minimum atomic E-state index is -0.703. The molecule has 0 radical (unpaired) electrons. The Bertz CT molecular complexity index is 1370. The molecule has 204 valence electrons. The fourth-order valence-electron chi connectivity index (χ4n) is 3.52. The van der Waals surface area contributed by atoms with E-state index in [1.54, 1.807) is 33.2 Å². The van der Waals surface area contributed by atoms with Gasteiger partial charge in [-0.15, -0.1) is 11.8 Å². The van der Waals surface area contributed by atoms with Crippen molar-refractivity contribution >= 4 is 46.4 Å². The number of Topliss-reactive ketones (excluding diaryl/α,β-unsaturated/α-hetero) is 1. The number of rotatable bonds is 6. The second kappa shape index (κ2) is 16.1. The number of aliphatic imine (C=N–C) groups is 3. The highest BCUT2D eigenvalue weighted by Crippen LogP contribution is 2.18. The van der Waals surface area contributed by atoms with Crippen LogP contribution in [0.3, 0.4) is 0 Å². The first-order chi connectivity index (χ1) is 18.6. The summed E-state index contributed by atoms with van der Waals surface area (Å²) in [5, 5.41) is 2.80. The van der Waals surface area contributed by atoms with E-state index >= 15 is 0 Å². The topological polar surface area (TPSA) is 83.2 Å². The summed E-state index contributed by atoms with van der Waals surface area (Å²) >= 11 is 1.16. The van der Waals surface area contributed by atoms with Gasteiger partial charge < -0.3 is 5.32 Å². The number of hydrogen-bond acceptors (Lipinski definition) is 4. The molecule has 3 rings (SSSR count). The molecular formula is C31H35FN4O2S. The Labute approximate surface area is 234 Å². The maximum atomic E-state index is 14.1. The zero-order valence-electron chi connectivity index (χ0n) is 23.3. The summed E-state index contributed by atoms with van der Waals surface area (Å²) < 4.78 is 14.1.